The van der Waals surface area contributed by atoms with Crippen LogP contribution in [0, 0.1) is 0 Å². The van der Waals surface area contributed by atoms with Gasteiger partial charge in [0, 0.05) is 18.4 Å². The molecule has 1 amide bonds. The second-order valence-electron chi connectivity index (χ2n) is 6.82. The van der Waals surface area contributed by atoms with E-state index in [0.29, 0.717) is 17.9 Å². The second kappa shape index (κ2) is 6.71. The van der Waals surface area contributed by atoms with E-state index in [-0.39, 0.29) is 11.9 Å². The van der Waals surface area contributed by atoms with E-state index in [1.165, 1.54) is 5.56 Å². The molecule has 0 spiro atoms. The van der Waals surface area contributed by atoms with E-state index in [9.17, 15) is 9.59 Å². The number of fused-ring (bicyclic) bond motifs is 1. The normalized spacial score (nSPS) is 25.1. The predicted octanol–water partition coefficient (Wildman–Crippen LogP) is 3.22. The molecule has 1 aliphatic carbocycles. The molecule has 0 bridgehead atoms. The summed E-state index contributed by atoms with van der Waals surface area (Å²) in [5.41, 5.74) is 2.70. The zero-order chi connectivity index (χ0) is 17.2. The molecule has 25 heavy (non-hydrogen) atoms. The summed E-state index contributed by atoms with van der Waals surface area (Å²) in [6.07, 6.45) is 2.83. The first-order valence-corrected chi connectivity index (χ1v) is 8.86. The summed E-state index contributed by atoms with van der Waals surface area (Å²) < 4.78 is 5.37. The summed E-state index contributed by atoms with van der Waals surface area (Å²) in [6.45, 7) is 0. The molecule has 0 radical (unpaired) electrons. The molecule has 1 aliphatic heterocycles. The van der Waals surface area contributed by atoms with Crippen LogP contribution in [0.2, 0.25) is 0 Å². The molecule has 1 saturated carbocycles. The molecule has 0 aromatic heterocycles. The Kier molecular flexibility index (Phi) is 4.26. The van der Waals surface area contributed by atoms with E-state index in [4.69, 9.17) is 4.74 Å². The van der Waals surface area contributed by atoms with Gasteiger partial charge in [0.05, 0.1) is 5.56 Å². The summed E-state index contributed by atoms with van der Waals surface area (Å²) in [5.74, 6) is -0.263. The first-order valence-electron chi connectivity index (χ1n) is 8.86. The molecule has 2 aliphatic rings. The van der Waals surface area contributed by atoms with E-state index in [1.54, 1.807) is 6.07 Å². The largest absolute Gasteiger partial charge is 0.448 e. The van der Waals surface area contributed by atoms with Crippen molar-refractivity contribution in [2.24, 2.45) is 0 Å². The van der Waals surface area contributed by atoms with Gasteiger partial charge in [-0.15, -0.1) is 0 Å². The van der Waals surface area contributed by atoms with E-state index < -0.39 is 12.1 Å². The van der Waals surface area contributed by atoms with Crippen molar-refractivity contribution in [3.05, 3.63) is 71.3 Å². The van der Waals surface area contributed by atoms with E-state index in [2.05, 4.69) is 17.4 Å². The monoisotopic (exact) mass is 335 g/mol. The number of esters is 1. The summed E-state index contributed by atoms with van der Waals surface area (Å²) >= 11 is 0. The quantitative estimate of drug-likeness (QED) is 0.876. The van der Waals surface area contributed by atoms with E-state index in [0.717, 1.165) is 24.8 Å². The highest BCUT2D eigenvalue weighted by Crippen LogP contribution is 2.34. The zero-order valence-corrected chi connectivity index (χ0v) is 14.0. The third kappa shape index (κ3) is 3.16. The first-order chi connectivity index (χ1) is 12.2. The maximum absolute atomic E-state index is 12.7. The summed E-state index contributed by atoms with van der Waals surface area (Å²) in [7, 11) is 0. The summed E-state index contributed by atoms with van der Waals surface area (Å²) in [5, 5.41) is 3.13. The SMILES string of the molecule is O=C1OC(C(=O)N[C@@H]2CCC[C@H]2c2ccccc2)Cc2ccccc21. The maximum Gasteiger partial charge on any atom is 0.339 e. The van der Waals surface area contributed by atoms with Crippen molar-refractivity contribution in [1.82, 2.24) is 5.32 Å². The van der Waals surface area contributed by atoms with Gasteiger partial charge < -0.3 is 10.1 Å². The molecule has 1 unspecified atom stereocenters. The molecule has 4 rings (SSSR count). The highest BCUT2D eigenvalue weighted by molar-refractivity contribution is 5.95. The van der Waals surface area contributed by atoms with Crippen molar-refractivity contribution in [1.29, 1.82) is 0 Å². The van der Waals surface area contributed by atoms with E-state index >= 15 is 0 Å². The minimum Gasteiger partial charge on any atom is -0.448 e. The van der Waals surface area contributed by atoms with Crippen molar-refractivity contribution < 1.29 is 14.3 Å². The van der Waals surface area contributed by atoms with Crippen LogP contribution in [0.15, 0.2) is 54.6 Å². The van der Waals surface area contributed by atoms with Gasteiger partial charge in [-0.2, -0.15) is 0 Å². The lowest BCUT2D eigenvalue weighted by molar-refractivity contribution is -0.131. The Balaban J connectivity index is 1.46. The predicted molar refractivity (Wildman–Crippen MR) is 94.3 cm³/mol. The second-order valence-corrected chi connectivity index (χ2v) is 6.82. The highest BCUT2D eigenvalue weighted by Gasteiger charge is 2.35. The number of carbonyl (C=O) groups is 2. The number of nitrogens with one attached hydrogen (secondary N) is 1. The Morgan fingerprint density at radius 1 is 1.00 bits per heavy atom. The molecule has 2 aromatic rings. The number of amides is 1. The Morgan fingerprint density at radius 3 is 2.60 bits per heavy atom. The van der Waals surface area contributed by atoms with Crippen LogP contribution in [0.5, 0.6) is 0 Å². The molecular formula is C21H21NO3. The van der Waals surface area contributed by atoms with Gasteiger partial charge in [0.25, 0.3) is 5.91 Å². The fraction of sp³-hybridized carbons (Fsp3) is 0.333. The van der Waals surface area contributed by atoms with E-state index in [1.807, 2.05) is 36.4 Å². The zero-order valence-electron chi connectivity index (χ0n) is 14.0. The Labute approximate surface area is 147 Å². The van der Waals surface area contributed by atoms with Gasteiger partial charge in [0.1, 0.15) is 0 Å². The number of hydrogen-bond donors (Lipinski definition) is 1. The number of carbonyl (C=O) groups excluding carboxylic acids is 2. The minimum atomic E-state index is -0.737. The average Bonchev–Trinajstić information content (AvgIpc) is 3.10. The van der Waals surface area contributed by atoms with Gasteiger partial charge in [0.15, 0.2) is 6.10 Å². The smallest absolute Gasteiger partial charge is 0.339 e. The fourth-order valence-electron chi connectivity index (χ4n) is 3.99. The standard InChI is InChI=1S/C21H21NO3/c23-20(19-13-15-9-4-5-10-17(15)21(24)25-19)22-18-12-6-11-16(18)14-7-2-1-3-8-14/h1-5,7-10,16,18-19H,6,11-13H2,(H,22,23)/t16-,18+,19?/m0/s1. The molecule has 128 valence electrons. The number of benzene rings is 2. The lowest BCUT2D eigenvalue weighted by atomic mass is 9.93. The van der Waals surface area contributed by atoms with Crippen LogP contribution in [-0.2, 0) is 16.0 Å². The molecule has 0 saturated heterocycles. The van der Waals surface area contributed by atoms with Crippen molar-refractivity contribution in [3.63, 3.8) is 0 Å². The Bertz CT molecular complexity index is 787. The van der Waals surface area contributed by atoms with Crippen LogP contribution < -0.4 is 5.32 Å². The average molecular weight is 335 g/mol. The third-order valence-electron chi connectivity index (χ3n) is 5.26. The number of ether oxygens (including phenoxy) is 1. The topological polar surface area (TPSA) is 55.4 Å². The molecule has 4 nitrogen and oxygen atoms in total. The molecule has 4 heteroatoms. The Hall–Kier alpha value is -2.62. The lowest BCUT2D eigenvalue weighted by Crippen LogP contribution is -2.46. The van der Waals surface area contributed by atoms with Crippen LogP contribution in [0.3, 0.4) is 0 Å². The lowest BCUT2D eigenvalue weighted by Gasteiger charge is -2.27. The van der Waals surface area contributed by atoms with Crippen LogP contribution in [-0.4, -0.2) is 24.0 Å². The first kappa shape index (κ1) is 15.9. The van der Waals surface area contributed by atoms with Gasteiger partial charge in [-0.05, 0) is 30.0 Å². The molecule has 1 heterocycles. The molecular weight excluding hydrogens is 314 g/mol. The van der Waals surface area contributed by atoms with Crippen molar-refractivity contribution in [3.8, 4) is 0 Å². The van der Waals surface area contributed by atoms with Gasteiger partial charge >= 0.3 is 5.97 Å². The van der Waals surface area contributed by atoms with Crippen LogP contribution in [0.4, 0.5) is 0 Å². The molecule has 1 fully saturated rings. The van der Waals surface area contributed by atoms with Gasteiger partial charge in [-0.3, -0.25) is 4.79 Å². The van der Waals surface area contributed by atoms with Crippen LogP contribution >= 0.6 is 0 Å². The summed E-state index contributed by atoms with van der Waals surface area (Å²) in [4.78, 5) is 24.8. The molecule has 3 atom stereocenters. The van der Waals surface area contributed by atoms with Crippen molar-refractivity contribution >= 4 is 11.9 Å². The van der Waals surface area contributed by atoms with Gasteiger partial charge in [-0.25, -0.2) is 4.79 Å². The number of hydrogen-bond acceptors (Lipinski definition) is 3. The van der Waals surface area contributed by atoms with Crippen LogP contribution in [0.25, 0.3) is 0 Å². The van der Waals surface area contributed by atoms with Gasteiger partial charge in [-0.1, -0.05) is 55.0 Å². The number of rotatable bonds is 3. The molecule has 2 aromatic carbocycles. The summed E-state index contributed by atoms with van der Waals surface area (Å²) in [6, 6.07) is 17.7. The third-order valence-corrected chi connectivity index (χ3v) is 5.26. The van der Waals surface area contributed by atoms with Crippen LogP contribution in [0.1, 0.15) is 46.7 Å². The maximum atomic E-state index is 12.7. The van der Waals surface area contributed by atoms with Crippen molar-refractivity contribution in [2.75, 3.05) is 0 Å². The minimum absolute atomic E-state index is 0.103. The van der Waals surface area contributed by atoms with Gasteiger partial charge in [0.2, 0.25) is 0 Å². The fourth-order valence-corrected chi connectivity index (χ4v) is 3.99. The van der Waals surface area contributed by atoms with Crippen molar-refractivity contribution in [2.45, 2.75) is 43.7 Å². The highest BCUT2D eigenvalue weighted by atomic mass is 16.5. The molecule has 1 N–H and O–H groups in total. The number of cyclic esters (lactones) is 1. The Morgan fingerprint density at radius 2 is 1.76 bits per heavy atom.